The maximum atomic E-state index is 12.8. The molecule has 1 aliphatic heterocycles. The summed E-state index contributed by atoms with van der Waals surface area (Å²) in [6.45, 7) is 3.62. The molecule has 0 radical (unpaired) electrons. The third-order valence-electron chi connectivity index (χ3n) is 4.68. The maximum absolute atomic E-state index is 12.8. The van der Waals surface area contributed by atoms with E-state index >= 15 is 0 Å². The van der Waals surface area contributed by atoms with E-state index in [-0.39, 0.29) is 18.7 Å². The van der Waals surface area contributed by atoms with E-state index in [1.807, 2.05) is 0 Å². The molecule has 1 fully saturated rings. The lowest BCUT2D eigenvalue weighted by molar-refractivity contribution is -0.139. The summed E-state index contributed by atoms with van der Waals surface area (Å²) in [4.78, 5) is 38.4. The molecule has 1 heterocycles. The number of rotatable bonds is 6. The van der Waals surface area contributed by atoms with Crippen molar-refractivity contribution in [3.05, 3.63) is 78.4 Å². The van der Waals surface area contributed by atoms with Gasteiger partial charge in [-0.3, -0.25) is 23.6 Å². The fourth-order valence-corrected chi connectivity index (χ4v) is 4.10. The van der Waals surface area contributed by atoms with Crippen molar-refractivity contribution in [2.75, 3.05) is 23.7 Å². The van der Waals surface area contributed by atoms with Crippen molar-refractivity contribution in [3.8, 4) is 0 Å². The van der Waals surface area contributed by atoms with Crippen LogP contribution in [0, 0.1) is 0 Å². The monoisotopic (exact) mass is 412 g/mol. The van der Waals surface area contributed by atoms with Crippen LogP contribution < -0.4 is 4.31 Å². The minimum atomic E-state index is -3.51. The fourth-order valence-electron chi connectivity index (χ4n) is 3.22. The van der Waals surface area contributed by atoms with Gasteiger partial charge in [0.05, 0.1) is 24.4 Å². The Labute approximate surface area is 169 Å². The molecule has 7 nitrogen and oxygen atoms in total. The van der Waals surface area contributed by atoms with Crippen molar-refractivity contribution in [2.24, 2.45) is 0 Å². The number of hydrogen-bond acceptors (Lipinski definition) is 5. The first-order valence-electron chi connectivity index (χ1n) is 8.87. The summed E-state index contributed by atoms with van der Waals surface area (Å²) >= 11 is 0. The van der Waals surface area contributed by atoms with Crippen molar-refractivity contribution in [3.63, 3.8) is 0 Å². The van der Waals surface area contributed by atoms with E-state index in [0.717, 1.165) is 15.5 Å². The van der Waals surface area contributed by atoms with E-state index in [2.05, 4.69) is 6.58 Å². The molecule has 0 aliphatic carbocycles. The molecule has 3 rings (SSSR count). The van der Waals surface area contributed by atoms with Gasteiger partial charge < -0.3 is 0 Å². The van der Waals surface area contributed by atoms with Gasteiger partial charge in [0.15, 0.2) is 0 Å². The Hall–Kier alpha value is -3.26. The molecule has 0 bridgehead atoms. The number of nitrogens with zero attached hydrogens (tertiary/aromatic N) is 2. The van der Waals surface area contributed by atoms with Gasteiger partial charge in [0.1, 0.15) is 0 Å². The van der Waals surface area contributed by atoms with Gasteiger partial charge in [-0.1, -0.05) is 36.4 Å². The van der Waals surface area contributed by atoms with E-state index < -0.39 is 33.5 Å². The van der Waals surface area contributed by atoms with Crippen LogP contribution in [-0.4, -0.2) is 50.3 Å². The lowest BCUT2D eigenvalue weighted by Gasteiger charge is -2.21. The summed E-state index contributed by atoms with van der Waals surface area (Å²) in [5.41, 5.74) is 1.25. The molecule has 0 unspecified atom stereocenters. The van der Waals surface area contributed by atoms with Crippen molar-refractivity contribution in [1.29, 1.82) is 0 Å². The van der Waals surface area contributed by atoms with Crippen LogP contribution >= 0.6 is 0 Å². The summed E-state index contributed by atoms with van der Waals surface area (Å²) in [6.07, 6.45) is 2.53. The van der Waals surface area contributed by atoms with Crippen molar-refractivity contribution in [2.45, 2.75) is 5.92 Å². The second-order valence-electron chi connectivity index (χ2n) is 6.68. The number of likely N-dealkylation sites (tertiary alicyclic amines) is 1. The number of carbonyl (C=O) groups excluding carboxylic acids is 3. The van der Waals surface area contributed by atoms with E-state index in [0.29, 0.717) is 11.3 Å². The molecule has 1 atom stereocenters. The molecule has 2 aromatic rings. The van der Waals surface area contributed by atoms with Gasteiger partial charge in [0, 0.05) is 12.1 Å². The molecular weight excluding hydrogens is 392 g/mol. The Morgan fingerprint density at radius 3 is 2.31 bits per heavy atom. The zero-order valence-electron chi connectivity index (χ0n) is 15.8. The van der Waals surface area contributed by atoms with Crippen molar-refractivity contribution < 1.29 is 22.8 Å². The number of ketones is 1. The van der Waals surface area contributed by atoms with E-state index in [4.69, 9.17) is 0 Å². The molecule has 1 aliphatic rings. The topological polar surface area (TPSA) is 91.8 Å². The highest BCUT2D eigenvalue weighted by atomic mass is 32.2. The van der Waals surface area contributed by atoms with Crippen molar-refractivity contribution >= 4 is 33.3 Å². The first kappa shape index (κ1) is 20.5. The smallest absolute Gasteiger partial charge is 0.288 e. The minimum Gasteiger partial charge on any atom is -0.288 e. The van der Waals surface area contributed by atoms with Gasteiger partial charge in [-0.05, 0) is 29.8 Å². The van der Waals surface area contributed by atoms with Crippen LogP contribution in [0.5, 0.6) is 0 Å². The predicted octanol–water partition coefficient (Wildman–Crippen LogP) is 1.97. The highest BCUT2D eigenvalue weighted by molar-refractivity contribution is 7.92. The second-order valence-corrected chi connectivity index (χ2v) is 8.58. The number of anilines is 1. The number of amides is 2. The number of imide groups is 1. The van der Waals surface area contributed by atoms with Gasteiger partial charge >= 0.3 is 0 Å². The Bertz CT molecular complexity index is 1060. The SMILES string of the molecule is C=CCN(c1ccc(C(=O)N2C[C@@H](c3ccccc3)C(=O)C2=O)cc1)S(C)(=O)=O. The number of carbonyl (C=O) groups is 3. The van der Waals surface area contributed by atoms with Crippen LogP contribution in [0.3, 0.4) is 0 Å². The molecule has 0 aromatic heterocycles. The quantitative estimate of drug-likeness (QED) is 0.411. The number of sulfonamides is 1. The molecule has 29 heavy (non-hydrogen) atoms. The number of benzene rings is 2. The lowest BCUT2D eigenvalue weighted by Crippen LogP contribution is -2.34. The Morgan fingerprint density at radius 1 is 1.14 bits per heavy atom. The summed E-state index contributed by atoms with van der Waals surface area (Å²) in [5, 5.41) is 0. The first-order valence-corrected chi connectivity index (χ1v) is 10.7. The van der Waals surface area contributed by atoms with Crippen LogP contribution in [0.4, 0.5) is 5.69 Å². The Balaban J connectivity index is 1.83. The van der Waals surface area contributed by atoms with E-state index in [1.165, 1.54) is 30.3 Å². The van der Waals surface area contributed by atoms with Crippen molar-refractivity contribution in [1.82, 2.24) is 4.90 Å². The molecule has 2 amide bonds. The largest absolute Gasteiger partial charge is 0.297 e. The summed E-state index contributed by atoms with van der Waals surface area (Å²) in [5.74, 6) is -2.73. The number of hydrogen-bond donors (Lipinski definition) is 0. The Morgan fingerprint density at radius 2 is 1.76 bits per heavy atom. The van der Waals surface area contributed by atoms with Crippen LogP contribution in [-0.2, 0) is 19.6 Å². The van der Waals surface area contributed by atoms with E-state index in [1.54, 1.807) is 30.3 Å². The van der Waals surface area contributed by atoms with Gasteiger partial charge in [-0.15, -0.1) is 6.58 Å². The molecule has 150 valence electrons. The molecule has 8 heteroatoms. The summed E-state index contributed by atoms with van der Waals surface area (Å²) < 4.78 is 25.0. The second kappa shape index (κ2) is 8.00. The molecule has 1 saturated heterocycles. The van der Waals surface area contributed by atoms with Crippen LogP contribution in [0.25, 0.3) is 0 Å². The molecule has 0 saturated carbocycles. The lowest BCUT2D eigenvalue weighted by atomic mass is 9.97. The number of Topliss-reactive ketones (excluding diaryl/α,β-unsaturated/α-hetero) is 1. The predicted molar refractivity (Wildman–Crippen MR) is 109 cm³/mol. The van der Waals surface area contributed by atoms with Gasteiger partial charge in [-0.25, -0.2) is 8.42 Å². The third-order valence-corrected chi connectivity index (χ3v) is 5.84. The molecule has 0 N–H and O–H groups in total. The fraction of sp³-hybridized carbons (Fsp3) is 0.190. The van der Waals surface area contributed by atoms with Gasteiger partial charge in [0.25, 0.3) is 11.8 Å². The standard InChI is InChI=1S/C21H20N2O5S/c1-3-13-23(29(2,27)28)17-11-9-16(10-12-17)20(25)22-14-18(19(24)21(22)26)15-7-5-4-6-8-15/h3-12,18H,1,13-14H2,2H3/t18-/m0/s1. The maximum Gasteiger partial charge on any atom is 0.297 e. The summed E-state index contributed by atoms with van der Waals surface area (Å²) in [7, 11) is -3.51. The van der Waals surface area contributed by atoms with Crippen LogP contribution in [0.2, 0.25) is 0 Å². The summed E-state index contributed by atoms with van der Waals surface area (Å²) in [6, 6.07) is 14.7. The van der Waals surface area contributed by atoms with E-state index in [9.17, 15) is 22.8 Å². The molecular formula is C21H20N2O5S. The minimum absolute atomic E-state index is 0.0196. The van der Waals surface area contributed by atoms with Gasteiger partial charge in [-0.2, -0.15) is 0 Å². The highest BCUT2D eigenvalue weighted by Crippen LogP contribution is 2.27. The third kappa shape index (κ3) is 4.12. The zero-order valence-corrected chi connectivity index (χ0v) is 16.6. The average molecular weight is 412 g/mol. The Kier molecular flexibility index (Phi) is 5.65. The highest BCUT2D eigenvalue weighted by Gasteiger charge is 2.42. The van der Waals surface area contributed by atoms with Crippen LogP contribution in [0.15, 0.2) is 67.3 Å². The van der Waals surface area contributed by atoms with Gasteiger partial charge in [0.2, 0.25) is 15.8 Å². The average Bonchev–Trinajstić information content (AvgIpc) is 3.00. The normalized spacial score (nSPS) is 16.7. The zero-order chi connectivity index (χ0) is 21.2. The molecule has 0 spiro atoms. The molecule has 2 aromatic carbocycles. The van der Waals surface area contributed by atoms with Crippen LogP contribution in [0.1, 0.15) is 21.8 Å². The first-order chi connectivity index (χ1) is 13.7.